The number of piperidine rings is 1. The Morgan fingerprint density at radius 3 is 2.15 bits per heavy atom. The summed E-state index contributed by atoms with van der Waals surface area (Å²) in [6, 6.07) is 20.4. The zero-order valence-electron chi connectivity index (χ0n) is 21.6. The van der Waals surface area contributed by atoms with Crippen LogP contribution in [0.3, 0.4) is 0 Å². The van der Waals surface area contributed by atoms with Gasteiger partial charge in [-0.15, -0.1) is 0 Å². The highest BCUT2D eigenvalue weighted by Gasteiger charge is 2.49. The van der Waals surface area contributed by atoms with Crippen LogP contribution in [-0.4, -0.2) is 30.4 Å². The second-order valence-electron chi connectivity index (χ2n) is 9.93. The number of carbonyl (C=O) groups is 1. The molecule has 0 aromatic heterocycles. The predicted octanol–water partition coefficient (Wildman–Crippen LogP) is 5.65. The number of hydrogen-bond donors (Lipinski definition) is 2. The Hall–Kier alpha value is -2.17. The molecule has 2 aliphatic heterocycles. The molecule has 5 rings (SSSR count). The molecule has 186 valence electrons. The molecule has 1 unspecified atom stereocenters. The van der Waals surface area contributed by atoms with Gasteiger partial charge in [0.05, 0.1) is 0 Å². The summed E-state index contributed by atoms with van der Waals surface area (Å²) >= 11 is 0. The van der Waals surface area contributed by atoms with Gasteiger partial charge in [-0.2, -0.15) is 0 Å². The molecule has 1 amide bonds. The lowest BCUT2D eigenvalue weighted by atomic mass is 9.57. The molecule has 4 nitrogen and oxygen atoms in total. The molecule has 0 bridgehead atoms. The molecule has 1 atom stereocenters. The summed E-state index contributed by atoms with van der Waals surface area (Å²) in [5, 5.41) is 3.84. The van der Waals surface area contributed by atoms with Gasteiger partial charge in [0.1, 0.15) is 0 Å². The van der Waals surface area contributed by atoms with Crippen LogP contribution in [0.5, 0.6) is 0 Å². The highest BCUT2D eigenvalue weighted by atomic mass is 16.1. The van der Waals surface area contributed by atoms with Crippen LogP contribution in [0.25, 0.3) is 0 Å². The van der Waals surface area contributed by atoms with Crippen molar-refractivity contribution >= 4 is 5.91 Å². The fourth-order valence-electron chi connectivity index (χ4n) is 6.58. The van der Waals surface area contributed by atoms with Crippen molar-refractivity contribution < 1.29 is 4.79 Å². The number of amides is 1. The quantitative estimate of drug-likeness (QED) is 0.616. The van der Waals surface area contributed by atoms with Crippen LogP contribution in [0.1, 0.15) is 76.0 Å². The lowest BCUT2D eigenvalue weighted by Crippen LogP contribution is -2.55. The molecule has 4 heteroatoms. The standard InChI is InChI=1S/C26H34N2.C2H5NO.C2H6/c1-2-8-21(9-3-1)19-28-16-14-24(15-17-28)26(23-11-5-6-12-23)20-27-18-22-10-4-7-13-25(22)26;1-2(3)4;1-2/h1-4,7-10,13,23-24,27H,5-6,11-12,14-20H2;1H3,(H2,3,4);1-2H3. The van der Waals surface area contributed by atoms with Gasteiger partial charge < -0.3 is 11.1 Å². The van der Waals surface area contributed by atoms with Crippen LogP contribution in [-0.2, 0) is 23.3 Å². The summed E-state index contributed by atoms with van der Waals surface area (Å²) in [6.45, 7) is 11.2. The highest BCUT2D eigenvalue weighted by Crippen LogP contribution is 2.51. The molecule has 0 radical (unpaired) electrons. The zero-order chi connectivity index (χ0) is 24.4. The largest absolute Gasteiger partial charge is 0.370 e. The Morgan fingerprint density at radius 1 is 0.941 bits per heavy atom. The van der Waals surface area contributed by atoms with Crippen molar-refractivity contribution in [2.24, 2.45) is 17.6 Å². The molecule has 2 heterocycles. The van der Waals surface area contributed by atoms with Crippen molar-refractivity contribution in [2.45, 2.75) is 77.8 Å². The van der Waals surface area contributed by atoms with E-state index >= 15 is 0 Å². The molecule has 0 spiro atoms. The van der Waals surface area contributed by atoms with Crippen LogP contribution in [0, 0.1) is 11.8 Å². The van der Waals surface area contributed by atoms with Crippen molar-refractivity contribution in [2.75, 3.05) is 19.6 Å². The van der Waals surface area contributed by atoms with Crippen molar-refractivity contribution in [3.8, 4) is 0 Å². The second-order valence-corrected chi connectivity index (χ2v) is 9.93. The summed E-state index contributed by atoms with van der Waals surface area (Å²) in [6.07, 6.45) is 8.42. The molecule has 3 aliphatic rings. The van der Waals surface area contributed by atoms with Crippen LogP contribution in [0.2, 0.25) is 0 Å². The predicted molar refractivity (Wildman–Crippen MR) is 142 cm³/mol. The normalized spacial score (nSPS) is 23.1. The third kappa shape index (κ3) is 6.28. The summed E-state index contributed by atoms with van der Waals surface area (Å²) < 4.78 is 0. The van der Waals surface area contributed by atoms with Crippen LogP contribution < -0.4 is 11.1 Å². The Morgan fingerprint density at radius 2 is 1.50 bits per heavy atom. The number of benzene rings is 2. The smallest absolute Gasteiger partial charge is 0.214 e. The molecule has 34 heavy (non-hydrogen) atoms. The summed E-state index contributed by atoms with van der Waals surface area (Å²) in [7, 11) is 0. The van der Waals surface area contributed by atoms with Gasteiger partial charge in [0.15, 0.2) is 0 Å². The molecule has 1 saturated carbocycles. The minimum absolute atomic E-state index is 0.333. The van der Waals surface area contributed by atoms with E-state index in [0.717, 1.165) is 24.9 Å². The number of fused-ring (bicyclic) bond motifs is 1. The number of nitrogens with two attached hydrogens (primary N) is 1. The Kier molecular flexibility index (Phi) is 10.2. The highest BCUT2D eigenvalue weighted by molar-refractivity contribution is 5.70. The zero-order valence-corrected chi connectivity index (χ0v) is 21.6. The van der Waals surface area contributed by atoms with E-state index in [4.69, 9.17) is 0 Å². The molecule has 2 aromatic carbocycles. The molecule has 3 N–H and O–H groups in total. The summed E-state index contributed by atoms with van der Waals surface area (Å²) in [5.74, 6) is 1.35. The van der Waals surface area contributed by atoms with Crippen LogP contribution in [0.4, 0.5) is 0 Å². The van der Waals surface area contributed by atoms with Gasteiger partial charge in [-0.3, -0.25) is 9.69 Å². The Bertz CT molecular complexity index is 866. The third-order valence-corrected chi connectivity index (χ3v) is 7.90. The Balaban J connectivity index is 0.000000492. The van der Waals surface area contributed by atoms with E-state index in [1.807, 2.05) is 13.8 Å². The van der Waals surface area contributed by atoms with Crippen molar-refractivity contribution in [3.63, 3.8) is 0 Å². The van der Waals surface area contributed by atoms with Gasteiger partial charge in [0.25, 0.3) is 0 Å². The average Bonchev–Trinajstić information content (AvgIpc) is 3.41. The minimum Gasteiger partial charge on any atom is -0.370 e. The first kappa shape index (κ1) is 26.4. The fourth-order valence-corrected chi connectivity index (χ4v) is 6.58. The van der Waals surface area contributed by atoms with Gasteiger partial charge in [-0.05, 0) is 67.3 Å². The van der Waals surface area contributed by atoms with Gasteiger partial charge in [0, 0.05) is 32.0 Å². The van der Waals surface area contributed by atoms with Crippen LogP contribution in [0.15, 0.2) is 54.6 Å². The number of hydrogen-bond acceptors (Lipinski definition) is 3. The first-order valence-corrected chi connectivity index (χ1v) is 13.4. The van der Waals surface area contributed by atoms with Gasteiger partial charge in [-0.1, -0.05) is 81.3 Å². The first-order chi connectivity index (χ1) is 16.6. The van der Waals surface area contributed by atoms with Crippen LogP contribution >= 0.6 is 0 Å². The van der Waals surface area contributed by atoms with Crippen molar-refractivity contribution in [3.05, 3.63) is 71.3 Å². The maximum atomic E-state index is 9.22. The average molecular weight is 464 g/mol. The molecule has 2 aromatic rings. The van der Waals surface area contributed by atoms with Crippen molar-refractivity contribution in [1.29, 1.82) is 0 Å². The lowest BCUT2D eigenvalue weighted by Gasteiger charge is -2.52. The third-order valence-electron chi connectivity index (χ3n) is 7.90. The number of rotatable bonds is 4. The summed E-state index contributed by atoms with van der Waals surface area (Å²) in [5.41, 5.74) is 9.55. The van der Waals surface area contributed by atoms with E-state index in [2.05, 4.69) is 70.5 Å². The Labute approximate surface area is 207 Å². The maximum Gasteiger partial charge on any atom is 0.214 e. The minimum atomic E-state index is -0.333. The second kappa shape index (κ2) is 13.1. The van der Waals surface area contributed by atoms with E-state index in [0.29, 0.717) is 5.41 Å². The van der Waals surface area contributed by atoms with E-state index in [1.165, 1.54) is 70.6 Å². The molecule has 2 fully saturated rings. The number of likely N-dealkylation sites (tertiary alicyclic amines) is 1. The number of nitrogens with one attached hydrogen (secondary N) is 1. The maximum absolute atomic E-state index is 9.22. The van der Waals surface area contributed by atoms with Gasteiger partial charge in [-0.25, -0.2) is 0 Å². The molecular formula is C30H45N3O. The van der Waals surface area contributed by atoms with Gasteiger partial charge >= 0.3 is 0 Å². The number of primary amides is 1. The first-order valence-electron chi connectivity index (χ1n) is 13.4. The molecular weight excluding hydrogens is 418 g/mol. The molecule has 1 aliphatic carbocycles. The van der Waals surface area contributed by atoms with E-state index < -0.39 is 0 Å². The number of nitrogens with zero attached hydrogens (tertiary/aromatic N) is 1. The van der Waals surface area contributed by atoms with E-state index in [1.54, 1.807) is 11.1 Å². The monoisotopic (exact) mass is 463 g/mol. The lowest BCUT2D eigenvalue weighted by molar-refractivity contribution is -0.115. The van der Waals surface area contributed by atoms with E-state index in [-0.39, 0.29) is 5.91 Å². The van der Waals surface area contributed by atoms with E-state index in [9.17, 15) is 4.79 Å². The topological polar surface area (TPSA) is 58.4 Å². The molecule has 1 saturated heterocycles. The van der Waals surface area contributed by atoms with Crippen molar-refractivity contribution in [1.82, 2.24) is 10.2 Å². The SMILES string of the molecule is CC.CC(N)=O.c1ccc(CN2CCC(C3(C4CCCC4)CNCc4ccccc43)CC2)cc1. The summed E-state index contributed by atoms with van der Waals surface area (Å²) in [4.78, 5) is 11.9. The fraction of sp³-hybridized carbons (Fsp3) is 0.567. The van der Waals surface area contributed by atoms with Gasteiger partial charge in [0.2, 0.25) is 5.91 Å². The number of carbonyl (C=O) groups excluding carboxylic acids is 1.